The Bertz CT molecular complexity index is 1370. The highest BCUT2D eigenvalue weighted by Crippen LogP contribution is 2.31. The van der Waals surface area contributed by atoms with Crippen LogP contribution in [0.4, 0.5) is 10.5 Å². The molecule has 8 nitrogen and oxygen atoms in total. The molecule has 4 aromatic rings. The quantitative estimate of drug-likeness (QED) is 0.216. The number of aliphatic carboxylic acids is 1. The molecule has 0 saturated heterocycles. The van der Waals surface area contributed by atoms with Crippen LogP contribution in [-0.2, 0) is 22.5 Å². The molecule has 0 bridgehead atoms. The summed E-state index contributed by atoms with van der Waals surface area (Å²) in [6, 6.07) is 23.2. The molecule has 3 N–H and O–H groups in total. The number of carbonyl (C=O) groups is 2. The minimum Gasteiger partial charge on any atom is -0.480 e. The van der Waals surface area contributed by atoms with Gasteiger partial charge in [-0.3, -0.25) is 10.1 Å². The highest BCUT2D eigenvalue weighted by atomic mass is 35.5. The molecule has 2 atom stereocenters. The summed E-state index contributed by atoms with van der Waals surface area (Å²) in [4.78, 5) is 24.3. The average Bonchev–Trinajstić information content (AvgIpc) is 3.27. The summed E-state index contributed by atoms with van der Waals surface area (Å²) in [5.74, 6) is -0.532. The monoisotopic (exact) mass is 533 g/mol. The van der Waals surface area contributed by atoms with Crippen molar-refractivity contribution in [3.8, 4) is 11.3 Å². The fraction of sp³-hybridized carbons (Fsp3) is 0.207. The number of benzene rings is 3. The van der Waals surface area contributed by atoms with Gasteiger partial charge in [0, 0.05) is 17.1 Å². The van der Waals surface area contributed by atoms with Gasteiger partial charge < -0.3 is 19.7 Å². The molecule has 9 heteroatoms. The van der Waals surface area contributed by atoms with Crippen molar-refractivity contribution in [1.29, 1.82) is 0 Å². The smallest absolute Gasteiger partial charge is 0.412 e. The van der Waals surface area contributed by atoms with Crippen LogP contribution in [-0.4, -0.2) is 28.4 Å². The van der Waals surface area contributed by atoms with Gasteiger partial charge in [-0.1, -0.05) is 83.5 Å². The van der Waals surface area contributed by atoms with Crippen molar-refractivity contribution in [3.63, 3.8) is 0 Å². The maximum absolute atomic E-state index is 12.6. The largest absolute Gasteiger partial charge is 0.480 e. The number of nitrogens with one attached hydrogen (secondary N) is 2. The van der Waals surface area contributed by atoms with E-state index in [-0.39, 0.29) is 0 Å². The van der Waals surface area contributed by atoms with Crippen molar-refractivity contribution in [2.75, 3.05) is 5.32 Å². The summed E-state index contributed by atoms with van der Waals surface area (Å²) in [5, 5.41) is 20.1. The fourth-order valence-corrected chi connectivity index (χ4v) is 4.04. The number of aromatic nitrogens is 1. The maximum atomic E-state index is 12.6. The lowest BCUT2D eigenvalue weighted by molar-refractivity contribution is -0.139. The zero-order valence-electron chi connectivity index (χ0n) is 21.0. The Balaban J connectivity index is 1.38. The number of carbonyl (C=O) groups excluding carboxylic acids is 1. The first-order chi connectivity index (χ1) is 18.3. The van der Waals surface area contributed by atoms with Crippen molar-refractivity contribution in [2.24, 2.45) is 0 Å². The van der Waals surface area contributed by atoms with Crippen molar-refractivity contribution in [2.45, 2.75) is 39.0 Å². The first-order valence-corrected chi connectivity index (χ1v) is 12.5. The number of aryl methyl sites for hydroxylation is 1. The molecule has 38 heavy (non-hydrogen) atoms. The number of rotatable bonds is 10. The second-order valence-electron chi connectivity index (χ2n) is 8.85. The van der Waals surface area contributed by atoms with E-state index in [9.17, 15) is 14.7 Å². The lowest BCUT2D eigenvalue weighted by Gasteiger charge is -2.15. The number of hydrogen-bond donors (Lipinski definition) is 3. The molecule has 0 aliphatic rings. The predicted molar refractivity (Wildman–Crippen MR) is 145 cm³/mol. The van der Waals surface area contributed by atoms with Crippen molar-refractivity contribution >= 4 is 29.4 Å². The maximum Gasteiger partial charge on any atom is 0.412 e. The van der Waals surface area contributed by atoms with Gasteiger partial charge in [0.15, 0.2) is 5.76 Å². The van der Waals surface area contributed by atoms with Crippen molar-refractivity contribution < 1.29 is 24.0 Å². The van der Waals surface area contributed by atoms with E-state index in [0.717, 1.165) is 16.7 Å². The highest BCUT2D eigenvalue weighted by Gasteiger charge is 2.21. The number of ether oxygens (including phenoxy) is 1. The molecule has 0 aliphatic carbocycles. The SMILES string of the molecule is Cc1noc(-c2ccc(CNC(Cc3ccc(Cl)cc3)C(=O)O)cc2)c1NC(=O)O[C@H](C)c1ccccc1. The van der Waals surface area contributed by atoms with Crippen molar-refractivity contribution in [3.05, 3.63) is 106 Å². The molecular weight excluding hydrogens is 506 g/mol. The first-order valence-electron chi connectivity index (χ1n) is 12.1. The van der Waals surface area contributed by atoms with Crippen LogP contribution in [0.5, 0.6) is 0 Å². The summed E-state index contributed by atoms with van der Waals surface area (Å²) in [5.41, 5.74) is 4.29. The van der Waals surface area contributed by atoms with Crippen LogP contribution in [0.1, 0.15) is 35.4 Å². The van der Waals surface area contributed by atoms with E-state index in [0.29, 0.717) is 40.7 Å². The van der Waals surface area contributed by atoms with Gasteiger partial charge in [-0.15, -0.1) is 0 Å². The lowest BCUT2D eigenvalue weighted by Crippen LogP contribution is -2.38. The third kappa shape index (κ3) is 7.00. The summed E-state index contributed by atoms with van der Waals surface area (Å²) >= 11 is 5.92. The van der Waals surface area contributed by atoms with Crippen LogP contribution in [0.15, 0.2) is 83.4 Å². The van der Waals surface area contributed by atoms with Gasteiger partial charge in [0.05, 0.1) is 0 Å². The van der Waals surface area contributed by atoms with Gasteiger partial charge in [-0.25, -0.2) is 4.79 Å². The Hall–Kier alpha value is -4.14. The van der Waals surface area contributed by atoms with E-state index in [1.807, 2.05) is 66.7 Å². The topological polar surface area (TPSA) is 114 Å². The van der Waals surface area contributed by atoms with Crippen LogP contribution in [0.3, 0.4) is 0 Å². The van der Waals surface area contributed by atoms with E-state index < -0.39 is 24.2 Å². The van der Waals surface area contributed by atoms with Gasteiger partial charge in [0.2, 0.25) is 0 Å². The predicted octanol–water partition coefficient (Wildman–Crippen LogP) is 6.40. The number of nitrogens with zero attached hydrogens (tertiary/aromatic N) is 1. The van der Waals surface area contributed by atoms with Gasteiger partial charge in [0.25, 0.3) is 0 Å². The second kappa shape index (κ2) is 12.4. The molecule has 0 spiro atoms. The Morgan fingerprint density at radius 3 is 2.32 bits per heavy atom. The fourth-order valence-electron chi connectivity index (χ4n) is 3.92. The van der Waals surface area contributed by atoms with Crippen molar-refractivity contribution in [1.82, 2.24) is 10.5 Å². The van der Waals surface area contributed by atoms with Crippen LogP contribution in [0.2, 0.25) is 5.02 Å². The standard InChI is InChI=1S/C29H28ClN3O5/c1-18-26(32-29(36)37-19(2)22-6-4-3-5-7-22)27(38-33-18)23-12-8-21(9-13-23)17-31-25(28(34)35)16-20-10-14-24(30)15-11-20/h3-15,19,25,31H,16-17H2,1-2H3,(H,32,36)(H,34,35)/t19-,25?/m1/s1. The number of carboxylic acid groups (broad SMARTS) is 1. The summed E-state index contributed by atoms with van der Waals surface area (Å²) in [6.07, 6.45) is -0.716. The minimum atomic E-state index is -0.933. The van der Waals surface area contributed by atoms with Gasteiger partial charge in [0.1, 0.15) is 23.5 Å². The third-order valence-electron chi connectivity index (χ3n) is 6.06. The Morgan fingerprint density at radius 1 is 1.00 bits per heavy atom. The van der Waals surface area contributed by atoms with E-state index >= 15 is 0 Å². The second-order valence-corrected chi connectivity index (χ2v) is 9.29. The Morgan fingerprint density at radius 2 is 1.66 bits per heavy atom. The molecule has 4 rings (SSSR count). The number of anilines is 1. The summed E-state index contributed by atoms with van der Waals surface area (Å²) in [6.45, 7) is 3.89. The molecule has 0 radical (unpaired) electrons. The third-order valence-corrected chi connectivity index (χ3v) is 6.31. The van der Waals surface area contributed by atoms with E-state index in [1.165, 1.54) is 0 Å². The zero-order valence-corrected chi connectivity index (χ0v) is 21.7. The molecule has 3 aromatic carbocycles. The van der Waals surface area contributed by atoms with E-state index in [1.54, 1.807) is 26.0 Å². The minimum absolute atomic E-state index is 0.329. The molecule has 0 fully saturated rings. The number of hydrogen-bond acceptors (Lipinski definition) is 6. The Kier molecular flexibility index (Phi) is 8.78. The van der Waals surface area contributed by atoms with Gasteiger partial charge >= 0.3 is 12.1 Å². The molecule has 0 saturated carbocycles. The van der Waals surface area contributed by atoms with Gasteiger partial charge in [-0.2, -0.15) is 0 Å². The summed E-state index contributed by atoms with van der Waals surface area (Å²) in [7, 11) is 0. The Labute approximate surface area is 225 Å². The molecule has 1 aromatic heterocycles. The van der Waals surface area contributed by atoms with E-state index in [2.05, 4.69) is 15.8 Å². The van der Waals surface area contributed by atoms with Gasteiger partial charge in [-0.05, 0) is 49.1 Å². The van der Waals surface area contributed by atoms with Crippen LogP contribution < -0.4 is 10.6 Å². The highest BCUT2D eigenvalue weighted by molar-refractivity contribution is 6.30. The molecular formula is C29H28ClN3O5. The van der Waals surface area contributed by atoms with E-state index in [4.69, 9.17) is 20.9 Å². The molecule has 1 unspecified atom stereocenters. The lowest BCUT2D eigenvalue weighted by atomic mass is 10.0. The summed E-state index contributed by atoms with van der Waals surface area (Å²) < 4.78 is 11.0. The van der Waals surface area contributed by atoms with Crippen LogP contribution >= 0.6 is 11.6 Å². The first kappa shape index (κ1) is 26.9. The molecule has 0 aliphatic heterocycles. The normalized spacial score (nSPS) is 12.5. The number of carboxylic acids is 1. The van der Waals surface area contributed by atoms with Crippen LogP contribution in [0, 0.1) is 6.92 Å². The molecule has 196 valence electrons. The number of amides is 1. The van der Waals surface area contributed by atoms with Crippen LogP contribution in [0.25, 0.3) is 11.3 Å². The molecule has 1 amide bonds. The number of halogens is 1. The zero-order chi connectivity index (χ0) is 27.1. The average molecular weight is 534 g/mol. The molecule has 1 heterocycles.